The Morgan fingerprint density at radius 2 is 1.76 bits per heavy atom. The van der Waals surface area contributed by atoms with Gasteiger partial charge in [0.15, 0.2) is 0 Å². The van der Waals surface area contributed by atoms with Crippen LogP contribution in [0.25, 0.3) is 0 Å². The number of fused-ring (bicyclic) bond motifs is 2. The number of pyridine rings is 1. The van der Waals surface area contributed by atoms with E-state index in [4.69, 9.17) is 0 Å². The summed E-state index contributed by atoms with van der Waals surface area (Å²) in [4.78, 5) is 57.2. The van der Waals surface area contributed by atoms with Crippen molar-refractivity contribution in [3.63, 3.8) is 0 Å². The Balaban J connectivity index is 1.78. The Morgan fingerprint density at radius 3 is 2.53 bits per heavy atom. The Morgan fingerprint density at radius 1 is 1.00 bits per heavy atom. The van der Waals surface area contributed by atoms with Crippen molar-refractivity contribution in [1.29, 1.82) is 0 Å². The van der Waals surface area contributed by atoms with Crippen LogP contribution in [0.3, 0.4) is 0 Å². The number of aromatic nitrogens is 1. The first-order valence-corrected chi connectivity index (χ1v) is 13.2. The summed E-state index contributed by atoms with van der Waals surface area (Å²) in [6.07, 6.45) is 3.05. The topological polar surface area (TPSA) is 133 Å². The van der Waals surface area contributed by atoms with E-state index in [1.165, 1.54) is 6.20 Å². The van der Waals surface area contributed by atoms with Crippen molar-refractivity contribution in [3.05, 3.63) is 59.9 Å². The van der Waals surface area contributed by atoms with E-state index in [1.807, 2.05) is 44.2 Å². The molecule has 2 heterocycles. The second-order valence-electron chi connectivity index (χ2n) is 9.80. The molecule has 0 saturated heterocycles. The molecular weight excluding hydrogens is 484 g/mol. The summed E-state index contributed by atoms with van der Waals surface area (Å²) >= 11 is 0. The number of nitrogens with zero attached hydrogens (tertiary/aromatic N) is 2. The highest BCUT2D eigenvalue weighted by Crippen LogP contribution is 2.10. The third-order valence-corrected chi connectivity index (χ3v) is 6.12. The smallest absolute Gasteiger partial charge is 0.270 e. The second-order valence-corrected chi connectivity index (χ2v) is 9.80. The van der Waals surface area contributed by atoms with Crippen LogP contribution < -0.4 is 21.3 Å². The van der Waals surface area contributed by atoms with Crippen molar-refractivity contribution in [3.8, 4) is 0 Å². The highest BCUT2D eigenvalue weighted by Gasteiger charge is 2.23. The average molecular weight is 523 g/mol. The van der Waals surface area contributed by atoms with Gasteiger partial charge in [-0.2, -0.15) is 0 Å². The van der Waals surface area contributed by atoms with Crippen LogP contribution in [-0.2, 0) is 20.8 Å². The standard InChI is InChI=1S/C28H38N6O4/c1-20(2)17-26(36)34-15-6-9-25(35)31-13-12-29-22-10-11-30-23(19-22)28(38)33-24(27(37)32-14-16-34)18-21-7-4-3-5-8-21/h3-5,7-8,10-11,19-20,24,29H,6,9,12-18H2,1-2H3,(H,31,35)(H,32,37)(H,33,38)/t24-/m0/s1. The minimum absolute atomic E-state index is 0.00997. The van der Waals surface area contributed by atoms with Crippen LogP contribution in [0.15, 0.2) is 48.7 Å². The lowest BCUT2D eigenvalue weighted by molar-refractivity contribution is -0.133. The molecule has 0 saturated carbocycles. The molecule has 2 bridgehead atoms. The van der Waals surface area contributed by atoms with Gasteiger partial charge in [-0.05, 0) is 30.0 Å². The van der Waals surface area contributed by atoms with Gasteiger partial charge in [-0.1, -0.05) is 44.2 Å². The van der Waals surface area contributed by atoms with Crippen molar-refractivity contribution in [2.75, 3.05) is 38.0 Å². The van der Waals surface area contributed by atoms with Crippen LogP contribution in [0.4, 0.5) is 5.69 Å². The number of amides is 4. The first-order valence-electron chi connectivity index (χ1n) is 13.2. The summed E-state index contributed by atoms with van der Waals surface area (Å²) in [5, 5.41) is 11.7. The van der Waals surface area contributed by atoms with Gasteiger partial charge in [0.1, 0.15) is 11.7 Å². The van der Waals surface area contributed by atoms with Crippen LogP contribution in [0.2, 0.25) is 0 Å². The van der Waals surface area contributed by atoms with Gasteiger partial charge in [-0.25, -0.2) is 0 Å². The van der Waals surface area contributed by atoms with Gasteiger partial charge in [0.05, 0.1) is 0 Å². The Hall–Kier alpha value is -3.95. The third-order valence-electron chi connectivity index (χ3n) is 6.12. The van der Waals surface area contributed by atoms with Crippen molar-refractivity contribution < 1.29 is 19.2 Å². The molecule has 1 aromatic heterocycles. The molecule has 0 unspecified atom stereocenters. The zero-order valence-electron chi connectivity index (χ0n) is 22.2. The Labute approximate surface area is 224 Å². The summed E-state index contributed by atoms with van der Waals surface area (Å²) in [7, 11) is 0. The second kappa shape index (κ2) is 14.7. The zero-order chi connectivity index (χ0) is 27.3. The SMILES string of the molecule is CC(C)CC(=O)N1CCCC(=O)NCCNc2ccnc(c2)C(=O)N[C@@H](Cc2ccccc2)C(=O)NCC1. The summed E-state index contributed by atoms with van der Waals surface area (Å²) in [5.41, 5.74) is 1.76. The lowest BCUT2D eigenvalue weighted by atomic mass is 10.0. The third kappa shape index (κ3) is 9.49. The van der Waals surface area contributed by atoms with Crippen molar-refractivity contribution in [1.82, 2.24) is 25.8 Å². The fraction of sp³-hybridized carbons (Fsp3) is 0.464. The largest absolute Gasteiger partial charge is 0.383 e. The van der Waals surface area contributed by atoms with Crippen molar-refractivity contribution in [2.45, 2.75) is 45.6 Å². The van der Waals surface area contributed by atoms with Crippen molar-refractivity contribution >= 4 is 29.3 Å². The van der Waals surface area contributed by atoms with Crippen LogP contribution >= 0.6 is 0 Å². The molecule has 38 heavy (non-hydrogen) atoms. The fourth-order valence-electron chi connectivity index (χ4n) is 4.16. The molecule has 3 rings (SSSR count). The van der Waals surface area contributed by atoms with E-state index < -0.39 is 11.9 Å². The molecule has 10 nitrogen and oxygen atoms in total. The predicted octanol–water partition coefficient (Wildman–Crippen LogP) is 1.74. The molecule has 0 fully saturated rings. The maximum Gasteiger partial charge on any atom is 0.270 e. The predicted molar refractivity (Wildman–Crippen MR) is 145 cm³/mol. The number of benzene rings is 1. The molecule has 204 valence electrons. The van der Waals surface area contributed by atoms with Gasteiger partial charge in [0.25, 0.3) is 5.91 Å². The Bertz CT molecular complexity index is 1090. The number of carbonyl (C=O) groups is 4. The first-order chi connectivity index (χ1) is 18.3. The van der Waals surface area contributed by atoms with Crippen LogP contribution in [-0.4, -0.2) is 72.3 Å². The number of carbonyl (C=O) groups excluding carboxylic acids is 4. The number of hydrogen-bond donors (Lipinski definition) is 4. The number of rotatable bonds is 4. The molecule has 4 amide bonds. The van der Waals surface area contributed by atoms with E-state index >= 15 is 0 Å². The quantitative estimate of drug-likeness (QED) is 0.484. The average Bonchev–Trinajstić information content (AvgIpc) is 2.89. The van der Waals surface area contributed by atoms with E-state index in [2.05, 4.69) is 26.3 Å². The van der Waals surface area contributed by atoms with Gasteiger partial charge in [0, 0.05) is 63.9 Å². The molecule has 0 aliphatic carbocycles. The monoisotopic (exact) mass is 522 g/mol. The summed E-state index contributed by atoms with van der Waals surface area (Å²) in [6, 6.07) is 12.0. The van der Waals surface area contributed by atoms with E-state index in [9.17, 15) is 19.2 Å². The molecule has 0 radical (unpaired) electrons. The van der Waals surface area contributed by atoms with Crippen molar-refractivity contribution in [2.24, 2.45) is 5.92 Å². The lowest BCUT2D eigenvalue weighted by Crippen LogP contribution is -2.50. The molecule has 1 aliphatic heterocycles. The molecule has 1 aliphatic rings. The minimum atomic E-state index is -0.827. The molecule has 4 N–H and O–H groups in total. The fourth-order valence-corrected chi connectivity index (χ4v) is 4.16. The van der Waals surface area contributed by atoms with Gasteiger partial charge in [0.2, 0.25) is 17.7 Å². The van der Waals surface area contributed by atoms with Gasteiger partial charge < -0.3 is 26.2 Å². The van der Waals surface area contributed by atoms with E-state index in [0.717, 1.165) is 5.56 Å². The first kappa shape index (κ1) is 28.6. The molecule has 10 heteroatoms. The van der Waals surface area contributed by atoms with Crippen LogP contribution in [0.1, 0.15) is 49.2 Å². The minimum Gasteiger partial charge on any atom is -0.383 e. The molecule has 1 aromatic carbocycles. The van der Waals surface area contributed by atoms with Gasteiger partial charge in [-0.15, -0.1) is 0 Å². The van der Waals surface area contributed by atoms with E-state index in [1.54, 1.807) is 17.0 Å². The maximum atomic E-state index is 13.2. The highest BCUT2D eigenvalue weighted by atomic mass is 16.2. The van der Waals surface area contributed by atoms with Gasteiger partial charge >= 0.3 is 0 Å². The number of nitrogens with one attached hydrogen (secondary N) is 4. The molecule has 1 atom stereocenters. The highest BCUT2D eigenvalue weighted by molar-refractivity contribution is 5.96. The summed E-state index contributed by atoms with van der Waals surface area (Å²) in [5.74, 6) is -0.714. The maximum absolute atomic E-state index is 13.2. The summed E-state index contributed by atoms with van der Waals surface area (Å²) < 4.78 is 0. The molecule has 2 aromatic rings. The van der Waals surface area contributed by atoms with Gasteiger partial charge in [-0.3, -0.25) is 24.2 Å². The Kier molecular flexibility index (Phi) is 11.1. The van der Waals surface area contributed by atoms with E-state index in [-0.39, 0.29) is 35.9 Å². The van der Waals surface area contributed by atoms with Crippen LogP contribution in [0.5, 0.6) is 0 Å². The number of anilines is 1. The molecular formula is C28H38N6O4. The zero-order valence-corrected chi connectivity index (χ0v) is 22.2. The number of hydrogen-bond acceptors (Lipinski definition) is 6. The van der Waals surface area contributed by atoms with Crippen LogP contribution in [0, 0.1) is 5.92 Å². The lowest BCUT2D eigenvalue weighted by Gasteiger charge is -2.25. The molecule has 0 spiro atoms. The normalized spacial score (nSPS) is 18.2. The summed E-state index contributed by atoms with van der Waals surface area (Å²) in [6.45, 7) is 5.81. The van der Waals surface area contributed by atoms with E-state index in [0.29, 0.717) is 57.5 Å².